The molecular weight excluding hydrogens is 282 g/mol. The number of rotatable bonds is 3. The van der Waals surface area contributed by atoms with Gasteiger partial charge < -0.3 is 4.98 Å². The van der Waals surface area contributed by atoms with Crippen molar-refractivity contribution < 1.29 is 0 Å². The molecule has 0 aliphatic rings. The highest BCUT2D eigenvalue weighted by Crippen LogP contribution is 2.37. The van der Waals surface area contributed by atoms with Crippen LogP contribution in [0.3, 0.4) is 0 Å². The van der Waals surface area contributed by atoms with Crippen LogP contribution in [0.5, 0.6) is 0 Å². The van der Waals surface area contributed by atoms with Gasteiger partial charge >= 0.3 is 0 Å². The minimum Gasteiger partial charge on any atom is -0.353 e. The van der Waals surface area contributed by atoms with Gasteiger partial charge in [-0.15, -0.1) is 5.11 Å². The van der Waals surface area contributed by atoms with Crippen molar-refractivity contribution in [1.82, 2.24) is 4.98 Å². The molecule has 0 unspecified atom stereocenters. The summed E-state index contributed by atoms with van der Waals surface area (Å²) in [6.45, 7) is 0. The van der Waals surface area contributed by atoms with E-state index in [0.717, 1.165) is 33.5 Å². The number of H-pyrrole nitrogens is 1. The number of benzene rings is 3. The van der Waals surface area contributed by atoms with Gasteiger partial charge in [0.1, 0.15) is 5.69 Å². The molecule has 1 N–H and O–H groups in total. The minimum atomic E-state index is 0.844. The first kappa shape index (κ1) is 13.5. The number of aromatic nitrogens is 1. The van der Waals surface area contributed by atoms with E-state index in [1.807, 2.05) is 60.7 Å². The Morgan fingerprint density at radius 1 is 0.609 bits per heavy atom. The molecule has 3 aromatic carbocycles. The largest absolute Gasteiger partial charge is 0.353 e. The van der Waals surface area contributed by atoms with E-state index in [1.165, 1.54) is 0 Å². The summed E-state index contributed by atoms with van der Waals surface area (Å²) < 4.78 is 0. The Balaban J connectivity index is 1.88. The van der Waals surface area contributed by atoms with Crippen LogP contribution in [0.15, 0.2) is 95.2 Å². The molecule has 0 fully saturated rings. The Labute approximate surface area is 134 Å². The van der Waals surface area contributed by atoms with Crippen molar-refractivity contribution in [2.75, 3.05) is 0 Å². The SMILES string of the molecule is c1ccc(/N=N/c2c(-c3ccccc3)[nH]c3ccccc23)cc1. The normalized spacial score (nSPS) is 11.3. The maximum Gasteiger partial charge on any atom is 0.119 e. The third-order valence-corrected chi connectivity index (χ3v) is 3.76. The summed E-state index contributed by atoms with van der Waals surface area (Å²) in [7, 11) is 0. The van der Waals surface area contributed by atoms with E-state index in [9.17, 15) is 0 Å². The Hall–Kier alpha value is -3.20. The molecule has 0 radical (unpaired) electrons. The molecule has 3 heteroatoms. The summed E-state index contributed by atoms with van der Waals surface area (Å²) in [5, 5.41) is 10.00. The van der Waals surface area contributed by atoms with Gasteiger partial charge in [0.05, 0.1) is 11.4 Å². The molecule has 23 heavy (non-hydrogen) atoms. The van der Waals surface area contributed by atoms with Crippen molar-refractivity contribution in [1.29, 1.82) is 0 Å². The third kappa shape index (κ3) is 2.64. The molecule has 4 rings (SSSR count). The number of hydrogen-bond acceptors (Lipinski definition) is 2. The number of azo groups is 1. The van der Waals surface area contributed by atoms with E-state index in [1.54, 1.807) is 0 Å². The molecule has 0 atom stereocenters. The van der Waals surface area contributed by atoms with Crippen LogP contribution < -0.4 is 0 Å². The van der Waals surface area contributed by atoms with E-state index in [2.05, 4.69) is 39.5 Å². The molecule has 0 amide bonds. The lowest BCUT2D eigenvalue weighted by molar-refractivity contribution is 1.24. The van der Waals surface area contributed by atoms with Gasteiger partial charge in [0.2, 0.25) is 0 Å². The van der Waals surface area contributed by atoms with Gasteiger partial charge in [-0.1, -0.05) is 66.7 Å². The molecule has 110 valence electrons. The van der Waals surface area contributed by atoms with Gasteiger partial charge in [0.25, 0.3) is 0 Å². The average molecular weight is 297 g/mol. The molecule has 0 saturated heterocycles. The Morgan fingerprint density at radius 2 is 1.26 bits per heavy atom. The molecule has 0 spiro atoms. The van der Waals surface area contributed by atoms with E-state index in [4.69, 9.17) is 0 Å². The van der Waals surface area contributed by atoms with Crippen molar-refractivity contribution in [3.05, 3.63) is 84.9 Å². The monoisotopic (exact) mass is 297 g/mol. The number of hydrogen-bond donors (Lipinski definition) is 1. The van der Waals surface area contributed by atoms with E-state index >= 15 is 0 Å². The standard InChI is InChI=1S/C20H15N3/c1-3-9-15(10-4-1)19-20(17-13-7-8-14-18(17)21-19)23-22-16-11-5-2-6-12-16/h1-14,21H/b23-22+. The maximum atomic E-state index is 4.53. The van der Waals surface area contributed by atoms with Gasteiger partial charge in [-0.3, -0.25) is 0 Å². The fraction of sp³-hybridized carbons (Fsp3) is 0. The van der Waals surface area contributed by atoms with Gasteiger partial charge in [-0.2, -0.15) is 5.11 Å². The first-order valence-corrected chi connectivity index (χ1v) is 7.55. The van der Waals surface area contributed by atoms with Gasteiger partial charge in [-0.25, -0.2) is 0 Å². The number of aromatic amines is 1. The molecule has 0 bridgehead atoms. The highest BCUT2D eigenvalue weighted by atomic mass is 15.1. The van der Waals surface area contributed by atoms with Gasteiger partial charge in [0.15, 0.2) is 0 Å². The fourth-order valence-electron chi connectivity index (χ4n) is 2.65. The molecule has 0 aliphatic carbocycles. The van der Waals surface area contributed by atoms with Crippen molar-refractivity contribution in [3.63, 3.8) is 0 Å². The highest BCUT2D eigenvalue weighted by Gasteiger charge is 2.12. The first-order valence-electron chi connectivity index (χ1n) is 7.55. The zero-order valence-corrected chi connectivity index (χ0v) is 12.5. The van der Waals surface area contributed by atoms with E-state index in [-0.39, 0.29) is 0 Å². The molecule has 1 heterocycles. The summed E-state index contributed by atoms with van der Waals surface area (Å²) in [4.78, 5) is 3.46. The summed E-state index contributed by atoms with van der Waals surface area (Å²) >= 11 is 0. The van der Waals surface area contributed by atoms with Crippen molar-refractivity contribution in [3.8, 4) is 11.3 Å². The topological polar surface area (TPSA) is 40.5 Å². The summed E-state index contributed by atoms with van der Waals surface area (Å²) in [6.07, 6.45) is 0. The predicted octanol–water partition coefficient (Wildman–Crippen LogP) is 6.25. The zero-order chi connectivity index (χ0) is 15.5. The van der Waals surface area contributed by atoms with Crippen LogP contribution in [-0.2, 0) is 0 Å². The lowest BCUT2D eigenvalue weighted by atomic mass is 10.1. The number of nitrogens with zero attached hydrogens (tertiary/aromatic N) is 2. The summed E-state index contributed by atoms with van der Waals surface area (Å²) in [6, 6.07) is 28.2. The molecule has 1 aromatic heterocycles. The van der Waals surface area contributed by atoms with E-state index in [0.29, 0.717) is 0 Å². The Morgan fingerprint density at radius 3 is 2.04 bits per heavy atom. The number of para-hydroxylation sites is 1. The third-order valence-electron chi connectivity index (χ3n) is 3.76. The minimum absolute atomic E-state index is 0.844. The van der Waals surface area contributed by atoms with Gasteiger partial charge in [-0.05, 0) is 18.2 Å². The van der Waals surface area contributed by atoms with Gasteiger partial charge in [0, 0.05) is 16.5 Å². The molecule has 3 nitrogen and oxygen atoms in total. The smallest absolute Gasteiger partial charge is 0.119 e. The first-order chi connectivity index (χ1) is 11.4. The van der Waals surface area contributed by atoms with Crippen LogP contribution in [0.4, 0.5) is 11.4 Å². The van der Waals surface area contributed by atoms with Crippen molar-refractivity contribution >= 4 is 22.3 Å². The average Bonchev–Trinajstić information content (AvgIpc) is 3.00. The molecular formula is C20H15N3. The van der Waals surface area contributed by atoms with Crippen LogP contribution in [0.1, 0.15) is 0 Å². The second-order valence-corrected chi connectivity index (χ2v) is 5.30. The van der Waals surface area contributed by atoms with Crippen LogP contribution in [0.2, 0.25) is 0 Å². The second kappa shape index (κ2) is 5.89. The molecule has 0 aliphatic heterocycles. The predicted molar refractivity (Wildman–Crippen MR) is 94.4 cm³/mol. The Bertz CT molecular complexity index is 954. The fourth-order valence-corrected chi connectivity index (χ4v) is 2.65. The van der Waals surface area contributed by atoms with Crippen LogP contribution >= 0.6 is 0 Å². The number of fused-ring (bicyclic) bond motifs is 1. The highest BCUT2D eigenvalue weighted by molar-refractivity contribution is 5.99. The Kier molecular flexibility index (Phi) is 3.45. The van der Waals surface area contributed by atoms with Crippen molar-refractivity contribution in [2.45, 2.75) is 0 Å². The number of nitrogens with one attached hydrogen (secondary N) is 1. The van der Waals surface area contributed by atoms with Crippen molar-refractivity contribution in [2.24, 2.45) is 10.2 Å². The lowest BCUT2D eigenvalue weighted by Gasteiger charge is -1.99. The summed E-state index contributed by atoms with van der Waals surface area (Å²) in [5.41, 5.74) is 4.87. The quantitative estimate of drug-likeness (QED) is 0.434. The van der Waals surface area contributed by atoms with Crippen LogP contribution in [-0.4, -0.2) is 4.98 Å². The van der Waals surface area contributed by atoms with Crippen LogP contribution in [0, 0.1) is 0 Å². The molecule has 4 aromatic rings. The lowest BCUT2D eigenvalue weighted by Crippen LogP contribution is -1.76. The molecule has 0 saturated carbocycles. The zero-order valence-electron chi connectivity index (χ0n) is 12.5. The second-order valence-electron chi connectivity index (χ2n) is 5.30. The summed E-state index contributed by atoms with van der Waals surface area (Å²) in [5.74, 6) is 0. The van der Waals surface area contributed by atoms with Crippen LogP contribution in [0.25, 0.3) is 22.2 Å². The maximum absolute atomic E-state index is 4.53. The van der Waals surface area contributed by atoms with E-state index < -0.39 is 0 Å².